The van der Waals surface area contributed by atoms with Gasteiger partial charge in [0.2, 0.25) is 0 Å². The molecule has 0 fully saturated rings. The highest BCUT2D eigenvalue weighted by atomic mass is 32.1. The third-order valence-electron chi connectivity index (χ3n) is 3.09. The number of thiophene rings is 1. The molecule has 0 aromatic carbocycles. The summed E-state index contributed by atoms with van der Waals surface area (Å²) in [7, 11) is 2.08. The molecule has 0 spiro atoms. The molecule has 2 N–H and O–H groups in total. The molecule has 0 amide bonds. The Morgan fingerprint density at radius 1 is 1.39 bits per heavy atom. The van der Waals surface area contributed by atoms with Crippen molar-refractivity contribution in [2.45, 2.75) is 45.4 Å². The maximum Gasteiger partial charge on any atom is 0.0791 e. The van der Waals surface area contributed by atoms with E-state index in [1.54, 1.807) is 11.3 Å². The minimum Gasteiger partial charge on any atom is -0.390 e. The second-order valence-electron chi connectivity index (χ2n) is 5.29. The largest absolute Gasteiger partial charge is 0.390 e. The molecule has 2 atom stereocenters. The molecule has 2 unspecified atom stereocenters. The van der Waals surface area contributed by atoms with Crippen molar-refractivity contribution in [1.82, 2.24) is 10.2 Å². The van der Waals surface area contributed by atoms with Crippen LogP contribution in [0.1, 0.15) is 25.6 Å². The predicted octanol–water partition coefficient (Wildman–Crippen LogP) is 1.97. The van der Waals surface area contributed by atoms with Crippen LogP contribution >= 0.6 is 11.3 Å². The average molecular weight is 270 g/mol. The molecule has 0 aliphatic rings. The second kappa shape index (κ2) is 7.89. The van der Waals surface area contributed by atoms with Crippen molar-refractivity contribution in [3.05, 3.63) is 22.4 Å². The van der Waals surface area contributed by atoms with Crippen LogP contribution in [0.2, 0.25) is 0 Å². The number of likely N-dealkylation sites (N-methyl/N-ethyl adjacent to an activating group) is 1. The van der Waals surface area contributed by atoms with Gasteiger partial charge in [0.05, 0.1) is 6.10 Å². The molecule has 1 aromatic rings. The molecule has 4 heteroatoms. The van der Waals surface area contributed by atoms with Crippen LogP contribution < -0.4 is 5.32 Å². The molecule has 0 saturated carbocycles. The molecule has 1 heterocycles. The van der Waals surface area contributed by atoms with Gasteiger partial charge in [-0.05, 0) is 31.8 Å². The molecule has 0 radical (unpaired) electrons. The molecule has 0 saturated heterocycles. The zero-order valence-corrected chi connectivity index (χ0v) is 12.7. The highest BCUT2D eigenvalue weighted by molar-refractivity contribution is 7.09. The van der Waals surface area contributed by atoms with Crippen LogP contribution in [0.4, 0.5) is 0 Å². The van der Waals surface area contributed by atoms with Crippen LogP contribution in [-0.4, -0.2) is 48.3 Å². The monoisotopic (exact) mass is 270 g/mol. The van der Waals surface area contributed by atoms with Crippen molar-refractivity contribution in [1.29, 1.82) is 0 Å². The zero-order valence-electron chi connectivity index (χ0n) is 11.9. The first kappa shape index (κ1) is 15.6. The van der Waals surface area contributed by atoms with Gasteiger partial charge in [-0.3, -0.25) is 0 Å². The predicted molar refractivity (Wildman–Crippen MR) is 79.3 cm³/mol. The molecule has 0 aliphatic heterocycles. The van der Waals surface area contributed by atoms with E-state index in [9.17, 15) is 5.11 Å². The number of nitrogens with one attached hydrogen (secondary N) is 1. The molecule has 18 heavy (non-hydrogen) atoms. The standard InChI is InChI=1S/C14H26N2OS/c1-11(2)15-9-13(17)10-16(4)12(3)8-14-6-5-7-18-14/h5-7,11-13,15,17H,8-10H2,1-4H3. The lowest BCUT2D eigenvalue weighted by atomic mass is 10.1. The van der Waals surface area contributed by atoms with Crippen LogP contribution in [0.25, 0.3) is 0 Å². The molecular weight excluding hydrogens is 244 g/mol. The average Bonchev–Trinajstić information content (AvgIpc) is 2.79. The van der Waals surface area contributed by atoms with E-state index in [1.165, 1.54) is 4.88 Å². The molecule has 0 aliphatic carbocycles. The first-order chi connectivity index (χ1) is 8.49. The molecule has 3 nitrogen and oxygen atoms in total. The fourth-order valence-corrected chi connectivity index (χ4v) is 2.65. The smallest absolute Gasteiger partial charge is 0.0791 e. The Morgan fingerprint density at radius 2 is 2.11 bits per heavy atom. The Balaban J connectivity index is 2.28. The summed E-state index contributed by atoms with van der Waals surface area (Å²) in [4.78, 5) is 3.64. The van der Waals surface area contributed by atoms with Gasteiger partial charge in [0, 0.05) is 30.1 Å². The van der Waals surface area contributed by atoms with E-state index in [-0.39, 0.29) is 6.10 Å². The molecule has 104 valence electrons. The molecular formula is C14H26N2OS. The van der Waals surface area contributed by atoms with E-state index in [2.05, 4.69) is 55.5 Å². The first-order valence-corrected chi connectivity index (χ1v) is 7.51. The van der Waals surface area contributed by atoms with Gasteiger partial charge in [-0.1, -0.05) is 19.9 Å². The Morgan fingerprint density at radius 3 is 2.67 bits per heavy atom. The van der Waals surface area contributed by atoms with Gasteiger partial charge in [-0.25, -0.2) is 0 Å². The molecule has 1 rings (SSSR count). The summed E-state index contributed by atoms with van der Waals surface area (Å²) in [5, 5.41) is 15.3. The van der Waals surface area contributed by atoms with Crippen LogP contribution in [0.5, 0.6) is 0 Å². The van der Waals surface area contributed by atoms with Crippen molar-refractivity contribution in [3.63, 3.8) is 0 Å². The highest BCUT2D eigenvalue weighted by Gasteiger charge is 2.14. The maximum absolute atomic E-state index is 9.94. The van der Waals surface area contributed by atoms with Crippen molar-refractivity contribution in [3.8, 4) is 0 Å². The molecule has 1 aromatic heterocycles. The van der Waals surface area contributed by atoms with Gasteiger partial charge in [0.1, 0.15) is 0 Å². The van der Waals surface area contributed by atoms with E-state index in [4.69, 9.17) is 0 Å². The van der Waals surface area contributed by atoms with Crippen LogP contribution in [-0.2, 0) is 6.42 Å². The Bertz CT molecular complexity index is 314. The maximum atomic E-state index is 9.94. The van der Waals surface area contributed by atoms with Gasteiger partial charge < -0.3 is 15.3 Å². The van der Waals surface area contributed by atoms with E-state index in [0.29, 0.717) is 25.2 Å². The normalized spacial score (nSPS) is 15.3. The summed E-state index contributed by atoms with van der Waals surface area (Å²) in [6.45, 7) is 7.77. The SMILES string of the molecule is CC(C)NCC(O)CN(C)C(C)Cc1cccs1. The number of aliphatic hydroxyl groups is 1. The van der Waals surface area contributed by atoms with E-state index >= 15 is 0 Å². The lowest BCUT2D eigenvalue weighted by molar-refractivity contribution is 0.105. The number of rotatable bonds is 8. The first-order valence-electron chi connectivity index (χ1n) is 6.63. The lowest BCUT2D eigenvalue weighted by Crippen LogP contribution is -2.42. The van der Waals surface area contributed by atoms with E-state index < -0.39 is 0 Å². The molecule has 0 bridgehead atoms. The van der Waals surface area contributed by atoms with Crippen molar-refractivity contribution in [2.24, 2.45) is 0 Å². The van der Waals surface area contributed by atoms with Gasteiger partial charge in [-0.15, -0.1) is 11.3 Å². The van der Waals surface area contributed by atoms with Crippen molar-refractivity contribution >= 4 is 11.3 Å². The van der Waals surface area contributed by atoms with Crippen molar-refractivity contribution in [2.75, 3.05) is 20.1 Å². The Kier molecular flexibility index (Phi) is 6.86. The lowest BCUT2D eigenvalue weighted by Gasteiger charge is -2.27. The van der Waals surface area contributed by atoms with Crippen LogP contribution in [0.3, 0.4) is 0 Å². The summed E-state index contributed by atoms with van der Waals surface area (Å²) < 4.78 is 0. The van der Waals surface area contributed by atoms with Gasteiger partial charge in [0.25, 0.3) is 0 Å². The number of hydrogen-bond donors (Lipinski definition) is 2. The highest BCUT2D eigenvalue weighted by Crippen LogP contribution is 2.13. The third-order valence-corrected chi connectivity index (χ3v) is 3.99. The second-order valence-corrected chi connectivity index (χ2v) is 6.32. The summed E-state index contributed by atoms with van der Waals surface area (Å²) >= 11 is 1.80. The van der Waals surface area contributed by atoms with Gasteiger partial charge >= 0.3 is 0 Å². The number of hydrogen-bond acceptors (Lipinski definition) is 4. The quantitative estimate of drug-likeness (QED) is 0.758. The summed E-state index contributed by atoms with van der Waals surface area (Å²) in [6, 6.07) is 5.14. The van der Waals surface area contributed by atoms with Gasteiger partial charge in [0.15, 0.2) is 0 Å². The van der Waals surface area contributed by atoms with Crippen LogP contribution in [0.15, 0.2) is 17.5 Å². The number of nitrogens with zero attached hydrogens (tertiary/aromatic N) is 1. The van der Waals surface area contributed by atoms with Gasteiger partial charge in [-0.2, -0.15) is 0 Å². The number of aliphatic hydroxyl groups excluding tert-OH is 1. The zero-order chi connectivity index (χ0) is 13.5. The Hall–Kier alpha value is -0.420. The fraction of sp³-hybridized carbons (Fsp3) is 0.714. The van der Waals surface area contributed by atoms with E-state index in [0.717, 1.165) is 6.42 Å². The Labute approximate surface area is 115 Å². The minimum absolute atomic E-state index is 0.303. The van der Waals surface area contributed by atoms with Crippen molar-refractivity contribution < 1.29 is 5.11 Å². The summed E-state index contributed by atoms with van der Waals surface area (Å²) in [5.41, 5.74) is 0. The topological polar surface area (TPSA) is 35.5 Å². The fourth-order valence-electron chi connectivity index (χ4n) is 1.82. The minimum atomic E-state index is -0.303. The third kappa shape index (κ3) is 5.96. The summed E-state index contributed by atoms with van der Waals surface area (Å²) in [6.07, 6.45) is 0.751. The van der Waals surface area contributed by atoms with Crippen LogP contribution in [0, 0.1) is 0 Å². The van der Waals surface area contributed by atoms with E-state index in [1.807, 2.05) is 0 Å². The summed E-state index contributed by atoms with van der Waals surface area (Å²) in [5.74, 6) is 0.